The fourth-order valence-corrected chi connectivity index (χ4v) is 3.75. The van der Waals surface area contributed by atoms with Crippen LogP contribution in [0.5, 0.6) is 0 Å². The molecule has 0 spiro atoms. The molecule has 1 saturated carbocycles. The van der Waals surface area contributed by atoms with Crippen LogP contribution in [0.2, 0.25) is 0 Å². The van der Waals surface area contributed by atoms with Crippen molar-refractivity contribution in [3.63, 3.8) is 0 Å². The lowest BCUT2D eigenvalue weighted by Gasteiger charge is -2.29. The minimum atomic E-state index is -3.65. The van der Waals surface area contributed by atoms with E-state index in [0.717, 1.165) is 0 Å². The molecule has 0 radical (unpaired) electrons. The van der Waals surface area contributed by atoms with E-state index in [2.05, 4.69) is 17.9 Å². The molecule has 2 atom stereocenters. The molecule has 1 rings (SSSR count). The smallest absolute Gasteiger partial charge is 0.306 e. The van der Waals surface area contributed by atoms with Gasteiger partial charge < -0.3 is 5.11 Å². The molecular formula is C13H22N2O4S. The quantitative estimate of drug-likeness (QED) is 0.658. The summed E-state index contributed by atoms with van der Waals surface area (Å²) >= 11 is 0. The Labute approximate surface area is 120 Å². The molecule has 0 saturated heterocycles. The number of carbonyl (C=O) groups is 1. The second-order valence-corrected chi connectivity index (χ2v) is 6.62. The Morgan fingerprint density at radius 3 is 2.40 bits per heavy atom. The summed E-state index contributed by atoms with van der Waals surface area (Å²) in [4.78, 5) is 11.0. The average molecular weight is 302 g/mol. The maximum atomic E-state index is 12.2. The summed E-state index contributed by atoms with van der Waals surface area (Å²) in [6.45, 7) is 7.45. The first-order valence-corrected chi connectivity index (χ1v) is 8.06. The number of nitrogens with zero attached hydrogens (tertiary/aromatic N) is 1. The molecule has 0 heterocycles. The Morgan fingerprint density at radius 2 is 1.90 bits per heavy atom. The molecule has 0 aliphatic heterocycles. The largest absolute Gasteiger partial charge is 0.481 e. The summed E-state index contributed by atoms with van der Waals surface area (Å²) in [5.74, 6) is -1.33. The SMILES string of the molecule is C=CCN(CC=C)S(=O)(=O)N[C@H]1CCC[C@@H](C(=O)O)C1. The number of hydrogen-bond donors (Lipinski definition) is 2. The van der Waals surface area contributed by atoms with Gasteiger partial charge in [0.2, 0.25) is 0 Å². The highest BCUT2D eigenvalue weighted by Crippen LogP contribution is 2.25. The first-order valence-electron chi connectivity index (χ1n) is 6.62. The van der Waals surface area contributed by atoms with E-state index in [1.807, 2.05) is 0 Å². The van der Waals surface area contributed by atoms with Crippen LogP contribution in [0, 0.1) is 5.92 Å². The highest BCUT2D eigenvalue weighted by Gasteiger charge is 2.31. The van der Waals surface area contributed by atoms with Crippen LogP contribution in [0.15, 0.2) is 25.3 Å². The van der Waals surface area contributed by atoms with Crippen molar-refractivity contribution in [2.24, 2.45) is 5.92 Å². The monoisotopic (exact) mass is 302 g/mol. The van der Waals surface area contributed by atoms with E-state index in [-0.39, 0.29) is 19.1 Å². The Morgan fingerprint density at radius 1 is 1.30 bits per heavy atom. The second kappa shape index (κ2) is 7.56. The van der Waals surface area contributed by atoms with Gasteiger partial charge in [0.1, 0.15) is 0 Å². The fourth-order valence-electron chi connectivity index (χ4n) is 2.37. The molecule has 20 heavy (non-hydrogen) atoms. The molecule has 6 nitrogen and oxygen atoms in total. The minimum Gasteiger partial charge on any atom is -0.481 e. The lowest BCUT2D eigenvalue weighted by Crippen LogP contribution is -2.47. The van der Waals surface area contributed by atoms with Crippen LogP contribution in [0.1, 0.15) is 25.7 Å². The van der Waals surface area contributed by atoms with Crippen molar-refractivity contribution in [1.82, 2.24) is 9.03 Å². The standard InChI is InChI=1S/C13H22N2O4S/c1-3-8-15(9-4-2)20(18,19)14-12-7-5-6-11(10-12)13(16)17/h3-4,11-12,14H,1-2,5-10H2,(H,16,17)/t11-,12+/m1/s1. The van der Waals surface area contributed by atoms with Crippen molar-refractivity contribution in [2.45, 2.75) is 31.7 Å². The van der Waals surface area contributed by atoms with Crippen molar-refractivity contribution in [1.29, 1.82) is 0 Å². The van der Waals surface area contributed by atoms with Gasteiger partial charge >= 0.3 is 5.97 Å². The van der Waals surface area contributed by atoms with E-state index in [4.69, 9.17) is 5.11 Å². The van der Waals surface area contributed by atoms with E-state index < -0.39 is 22.1 Å². The lowest BCUT2D eigenvalue weighted by molar-refractivity contribution is -0.143. The van der Waals surface area contributed by atoms with Crippen LogP contribution in [0.3, 0.4) is 0 Å². The predicted molar refractivity (Wildman–Crippen MR) is 77.4 cm³/mol. The van der Waals surface area contributed by atoms with Gasteiger partial charge in [-0.25, -0.2) is 0 Å². The Hall–Kier alpha value is -1.18. The Balaban J connectivity index is 2.71. The molecule has 0 bridgehead atoms. The van der Waals surface area contributed by atoms with Crippen molar-refractivity contribution in [3.05, 3.63) is 25.3 Å². The van der Waals surface area contributed by atoms with E-state index in [1.165, 1.54) is 16.5 Å². The molecule has 1 aliphatic rings. The van der Waals surface area contributed by atoms with E-state index in [0.29, 0.717) is 25.7 Å². The summed E-state index contributed by atoms with van der Waals surface area (Å²) in [6.07, 6.45) is 5.33. The zero-order chi connectivity index (χ0) is 15.2. The molecular weight excluding hydrogens is 280 g/mol. The van der Waals surface area contributed by atoms with Gasteiger partial charge in [-0.05, 0) is 19.3 Å². The van der Waals surface area contributed by atoms with Crippen molar-refractivity contribution in [2.75, 3.05) is 13.1 Å². The van der Waals surface area contributed by atoms with Gasteiger partial charge in [-0.15, -0.1) is 13.2 Å². The topological polar surface area (TPSA) is 86.7 Å². The van der Waals surface area contributed by atoms with Crippen LogP contribution < -0.4 is 4.72 Å². The molecule has 0 unspecified atom stereocenters. The fraction of sp³-hybridized carbons (Fsp3) is 0.615. The third-order valence-corrected chi connectivity index (χ3v) is 4.95. The average Bonchev–Trinajstić information content (AvgIpc) is 2.38. The summed E-state index contributed by atoms with van der Waals surface area (Å²) in [7, 11) is -3.65. The predicted octanol–water partition coefficient (Wildman–Crippen LogP) is 1.14. The van der Waals surface area contributed by atoms with E-state index >= 15 is 0 Å². The van der Waals surface area contributed by atoms with Crippen LogP contribution in [-0.2, 0) is 15.0 Å². The normalized spacial score (nSPS) is 23.4. The van der Waals surface area contributed by atoms with Crippen LogP contribution in [0.4, 0.5) is 0 Å². The van der Waals surface area contributed by atoms with Crippen molar-refractivity contribution in [3.8, 4) is 0 Å². The molecule has 114 valence electrons. The van der Waals surface area contributed by atoms with Gasteiger partial charge in [0, 0.05) is 19.1 Å². The van der Waals surface area contributed by atoms with Crippen LogP contribution in [-0.4, -0.2) is 42.9 Å². The molecule has 1 aliphatic carbocycles. The van der Waals surface area contributed by atoms with Gasteiger partial charge in [0.05, 0.1) is 5.92 Å². The maximum Gasteiger partial charge on any atom is 0.306 e. The number of carboxylic acid groups (broad SMARTS) is 1. The molecule has 0 aromatic rings. The van der Waals surface area contributed by atoms with Gasteiger partial charge in [-0.1, -0.05) is 18.6 Å². The van der Waals surface area contributed by atoms with E-state index in [9.17, 15) is 13.2 Å². The molecule has 0 aromatic carbocycles. The zero-order valence-electron chi connectivity index (χ0n) is 11.5. The first kappa shape index (κ1) is 16.9. The summed E-state index contributed by atoms with van der Waals surface area (Å²) in [5.41, 5.74) is 0. The Kier molecular flexibility index (Phi) is 6.38. The first-order chi connectivity index (χ1) is 9.40. The van der Waals surface area contributed by atoms with Crippen molar-refractivity contribution >= 4 is 16.2 Å². The number of hydrogen-bond acceptors (Lipinski definition) is 3. The van der Waals surface area contributed by atoms with Crippen LogP contribution >= 0.6 is 0 Å². The maximum absolute atomic E-state index is 12.2. The number of rotatable bonds is 8. The number of nitrogens with one attached hydrogen (secondary N) is 1. The summed E-state index contributed by atoms with van der Waals surface area (Å²) in [5, 5.41) is 9.02. The molecule has 2 N–H and O–H groups in total. The summed E-state index contributed by atoms with van der Waals surface area (Å²) in [6, 6.07) is -0.327. The Bertz CT molecular complexity index is 451. The van der Waals surface area contributed by atoms with Gasteiger partial charge in [-0.3, -0.25) is 4.79 Å². The number of aliphatic carboxylic acids is 1. The van der Waals surface area contributed by atoms with E-state index in [1.54, 1.807) is 0 Å². The highest BCUT2D eigenvalue weighted by molar-refractivity contribution is 7.87. The van der Waals surface area contributed by atoms with Gasteiger partial charge in [-0.2, -0.15) is 17.4 Å². The zero-order valence-corrected chi connectivity index (χ0v) is 12.3. The van der Waals surface area contributed by atoms with Gasteiger partial charge in [0.15, 0.2) is 0 Å². The molecule has 7 heteroatoms. The number of carboxylic acids is 1. The van der Waals surface area contributed by atoms with Gasteiger partial charge in [0.25, 0.3) is 10.2 Å². The summed E-state index contributed by atoms with van der Waals surface area (Å²) < 4.78 is 28.3. The third-order valence-electron chi connectivity index (χ3n) is 3.34. The molecule has 0 amide bonds. The lowest BCUT2D eigenvalue weighted by atomic mass is 9.86. The molecule has 0 aromatic heterocycles. The third kappa shape index (κ3) is 4.73. The van der Waals surface area contributed by atoms with Crippen LogP contribution in [0.25, 0.3) is 0 Å². The molecule has 1 fully saturated rings. The second-order valence-electron chi connectivity index (χ2n) is 4.92. The van der Waals surface area contributed by atoms with Crippen molar-refractivity contribution < 1.29 is 18.3 Å². The highest BCUT2D eigenvalue weighted by atomic mass is 32.2. The minimum absolute atomic E-state index is 0.191.